The number of carbonyl (C=O) groups is 1. The summed E-state index contributed by atoms with van der Waals surface area (Å²) in [6.45, 7) is 4.06. The molecule has 1 saturated heterocycles. The van der Waals surface area contributed by atoms with Crippen LogP contribution >= 0.6 is 0 Å². The van der Waals surface area contributed by atoms with Gasteiger partial charge in [-0.2, -0.15) is 0 Å². The molecule has 30 heavy (non-hydrogen) atoms. The summed E-state index contributed by atoms with van der Waals surface area (Å²) in [4.78, 5) is 21.3. The highest BCUT2D eigenvalue weighted by molar-refractivity contribution is 7.90. The molecule has 0 saturated carbocycles. The number of hydrogen-bond acceptors (Lipinski definition) is 5. The summed E-state index contributed by atoms with van der Waals surface area (Å²) in [6.07, 6.45) is 1.12. The molecular weight excluding hydrogens is 405 g/mol. The fourth-order valence-electron chi connectivity index (χ4n) is 3.76. The Morgan fingerprint density at radius 3 is 2.47 bits per heavy atom. The highest BCUT2D eigenvalue weighted by Crippen LogP contribution is 2.28. The second-order valence-corrected chi connectivity index (χ2v) is 9.54. The Balaban J connectivity index is 1.54. The van der Waals surface area contributed by atoms with E-state index in [9.17, 15) is 17.6 Å². The first-order valence-electron chi connectivity index (χ1n) is 9.63. The number of rotatable bonds is 3. The van der Waals surface area contributed by atoms with Gasteiger partial charge in [-0.3, -0.25) is 9.78 Å². The number of sulfone groups is 1. The average molecular weight is 428 g/mol. The zero-order chi connectivity index (χ0) is 21.5. The summed E-state index contributed by atoms with van der Waals surface area (Å²) >= 11 is 0. The number of fused-ring (bicyclic) bond motifs is 1. The van der Waals surface area contributed by atoms with Gasteiger partial charge in [0.2, 0.25) is 0 Å². The molecular formula is C22H22FN3O3S. The Bertz CT molecular complexity index is 1240. The molecule has 4 rings (SSSR count). The number of carbonyl (C=O) groups excluding carboxylic acids is 1. The van der Waals surface area contributed by atoms with Crippen LogP contribution in [-0.2, 0) is 9.84 Å². The van der Waals surface area contributed by atoms with E-state index in [-0.39, 0.29) is 16.6 Å². The first-order chi connectivity index (χ1) is 14.2. The van der Waals surface area contributed by atoms with Crippen LogP contribution in [0.2, 0.25) is 0 Å². The lowest BCUT2D eigenvalue weighted by Crippen LogP contribution is -2.48. The lowest BCUT2D eigenvalue weighted by atomic mass is 10.1. The van der Waals surface area contributed by atoms with Gasteiger partial charge in [-0.25, -0.2) is 12.8 Å². The molecule has 1 aromatic heterocycles. The number of amides is 1. The fourth-order valence-corrected chi connectivity index (χ4v) is 4.43. The van der Waals surface area contributed by atoms with Crippen molar-refractivity contribution in [3.05, 3.63) is 65.6 Å². The molecule has 1 aliphatic rings. The minimum Gasteiger partial charge on any atom is -0.367 e. The molecule has 0 atom stereocenters. The smallest absolute Gasteiger partial charge is 0.254 e. The number of aromatic nitrogens is 1. The number of benzene rings is 2. The molecule has 1 fully saturated rings. The predicted molar refractivity (Wildman–Crippen MR) is 114 cm³/mol. The monoisotopic (exact) mass is 427 g/mol. The zero-order valence-corrected chi connectivity index (χ0v) is 17.6. The maximum atomic E-state index is 13.8. The number of halogens is 1. The minimum absolute atomic E-state index is 0.132. The standard InChI is InChI=1S/C22H22FN3O3S/c1-15-12-21(19-14-17(23)6-7-20(19)24-15)25-8-10-26(11-9-25)22(27)16-4-3-5-18(13-16)30(2,28)29/h3-7,12-14H,8-11H2,1-2H3. The molecule has 0 unspecified atom stereocenters. The largest absolute Gasteiger partial charge is 0.367 e. The van der Waals surface area contributed by atoms with Crippen molar-refractivity contribution in [2.24, 2.45) is 0 Å². The van der Waals surface area contributed by atoms with Gasteiger partial charge in [0.05, 0.1) is 10.4 Å². The Kier molecular flexibility index (Phi) is 5.19. The first kappa shape index (κ1) is 20.3. The van der Waals surface area contributed by atoms with Gasteiger partial charge in [-0.05, 0) is 49.4 Å². The first-order valence-corrected chi connectivity index (χ1v) is 11.5. The van der Waals surface area contributed by atoms with Crippen molar-refractivity contribution in [1.29, 1.82) is 0 Å². The van der Waals surface area contributed by atoms with E-state index in [0.717, 1.165) is 28.5 Å². The van der Waals surface area contributed by atoms with Crippen LogP contribution < -0.4 is 4.90 Å². The van der Waals surface area contributed by atoms with Gasteiger partial charge in [0, 0.05) is 54.8 Å². The number of nitrogens with zero attached hydrogens (tertiary/aromatic N) is 3. The van der Waals surface area contributed by atoms with Crippen molar-refractivity contribution in [2.75, 3.05) is 37.3 Å². The molecule has 6 nitrogen and oxygen atoms in total. The molecule has 0 bridgehead atoms. The molecule has 0 spiro atoms. The van der Waals surface area contributed by atoms with Crippen molar-refractivity contribution >= 4 is 32.3 Å². The van der Waals surface area contributed by atoms with E-state index in [1.54, 1.807) is 23.1 Å². The van der Waals surface area contributed by atoms with Gasteiger partial charge in [0.25, 0.3) is 5.91 Å². The number of piperazine rings is 1. The lowest BCUT2D eigenvalue weighted by molar-refractivity contribution is 0.0746. The van der Waals surface area contributed by atoms with Crippen molar-refractivity contribution < 1.29 is 17.6 Å². The molecule has 156 valence electrons. The Morgan fingerprint density at radius 1 is 1.03 bits per heavy atom. The number of anilines is 1. The van der Waals surface area contributed by atoms with Crippen molar-refractivity contribution in [3.8, 4) is 0 Å². The molecule has 0 aliphatic carbocycles. The molecule has 0 radical (unpaired) electrons. The number of hydrogen-bond donors (Lipinski definition) is 0. The summed E-state index contributed by atoms with van der Waals surface area (Å²) in [5.41, 5.74) is 2.85. The molecule has 0 N–H and O–H groups in total. The third-order valence-electron chi connectivity index (χ3n) is 5.29. The van der Waals surface area contributed by atoms with Crippen LogP contribution in [0, 0.1) is 12.7 Å². The van der Waals surface area contributed by atoms with E-state index in [1.165, 1.54) is 24.3 Å². The summed E-state index contributed by atoms with van der Waals surface area (Å²) < 4.78 is 37.4. The van der Waals surface area contributed by atoms with Crippen LogP contribution in [0.3, 0.4) is 0 Å². The third-order valence-corrected chi connectivity index (χ3v) is 6.40. The summed E-state index contributed by atoms with van der Waals surface area (Å²) in [5, 5.41) is 0.751. The summed E-state index contributed by atoms with van der Waals surface area (Å²) in [7, 11) is -3.38. The normalized spacial score (nSPS) is 14.9. The van der Waals surface area contributed by atoms with Crippen LogP contribution in [0.25, 0.3) is 10.9 Å². The fraction of sp³-hybridized carbons (Fsp3) is 0.273. The van der Waals surface area contributed by atoms with Gasteiger partial charge in [0.15, 0.2) is 9.84 Å². The van der Waals surface area contributed by atoms with Crippen LogP contribution in [0.15, 0.2) is 53.4 Å². The predicted octanol–water partition coefficient (Wildman–Crippen LogP) is 3.05. The maximum Gasteiger partial charge on any atom is 0.254 e. The highest BCUT2D eigenvalue weighted by Gasteiger charge is 2.24. The summed E-state index contributed by atoms with van der Waals surface area (Å²) in [5.74, 6) is -0.504. The highest BCUT2D eigenvalue weighted by atomic mass is 32.2. The second kappa shape index (κ2) is 7.68. The molecule has 3 aromatic rings. The molecule has 2 aromatic carbocycles. The van der Waals surface area contributed by atoms with Gasteiger partial charge in [-0.1, -0.05) is 6.07 Å². The van der Waals surface area contributed by atoms with Gasteiger partial charge in [-0.15, -0.1) is 0 Å². The van der Waals surface area contributed by atoms with E-state index >= 15 is 0 Å². The molecule has 1 amide bonds. The van der Waals surface area contributed by atoms with Crippen molar-refractivity contribution in [1.82, 2.24) is 9.88 Å². The van der Waals surface area contributed by atoms with Gasteiger partial charge in [0.1, 0.15) is 5.82 Å². The van der Waals surface area contributed by atoms with E-state index in [0.29, 0.717) is 31.7 Å². The van der Waals surface area contributed by atoms with Crippen LogP contribution in [-0.4, -0.2) is 56.6 Å². The van der Waals surface area contributed by atoms with Crippen LogP contribution in [0.4, 0.5) is 10.1 Å². The van der Waals surface area contributed by atoms with E-state index in [4.69, 9.17) is 0 Å². The Hall–Kier alpha value is -3.00. The Labute approximate surface area is 174 Å². The van der Waals surface area contributed by atoms with E-state index in [1.807, 2.05) is 13.0 Å². The van der Waals surface area contributed by atoms with Crippen molar-refractivity contribution in [3.63, 3.8) is 0 Å². The topological polar surface area (TPSA) is 70.6 Å². The van der Waals surface area contributed by atoms with Crippen LogP contribution in [0.1, 0.15) is 16.1 Å². The maximum absolute atomic E-state index is 13.8. The number of pyridine rings is 1. The SMILES string of the molecule is Cc1cc(N2CCN(C(=O)c3cccc(S(C)(=O)=O)c3)CC2)c2cc(F)ccc2n1. The summed E-state index contributed by atoms with van der Waals surface area (Å²) in [6, 6.07) is 12.6. The quantitative estimate of drug-likeness (QED) is 0.643. The second-order valence-electron chi connectivity index (χ2n) is 7.52. The van der Waals surface area contributed by atoms with Gasteiger partial charge < -0.3 is 9.80 Å². The lowest BCUT2D eigenvalue weighted by Gasteiger charge is -2.36. The van der Waals surface area contributed by atoms with E-state index < -0.39 is 9.84 Å². The Morgan fingerprint density at radius 2 is 1.77 bits per heavy atom. The third kappa shape index (κ3) is 4.00. The molecule has 2 heterocycles. The van der Waals surface area contributed by atoms with Gasteiger partial charge >= 0.3 is 0 Å². The zero-order valence-electron chi connectivity index (χ0n) is 16.8. The minimum atomic E-state index is -3.38. The van der Waals surface area contributed by atoms with E-state index in [2.05, 4.69) is 9.88 Å². The van der Waals surface area contributed by atoms with Crippen molar-refractivity contribution in [2.45, 2.75) is 11.8 Å². The number of aryl methyl sites for hydroxylation is 1. The molecule has 1 aliphatic heterocycles. The molecule has 8 heteroatoms. The average Bonchev–Trinajstić information content (AvgIpc) is 2.72. The van der Waals surface area contributed by atoms with Crippen LogP contribution in [0.5, 0.6) is 0 Å².